The van der Waals surface area contributed by atoms with Crippen LogP contribution in [-0.2, 0) is 14.8 Å². The number of nitrogens with two attached hydrogens (primary N) is 1. The summed E-state index contributed by atoms with van der Waals surface area (Å²) >= 11 is 0. The minimum absolute atomic E-state index is 0.0183. The summed E-state index contributed by atoms with van der Waals surface area (Å²) in [7, 11) is -2.10. The Morgan fingerprint density at radius 2 is 1.66 bits per heavy atom. The van der Waals surface area contributed by atoms with Crippen molar-refractivity contribution in [2.75, 3.05) is 12.4 Å². The number of amides is 2. The van der Waals surface area contributed by atoms with Gasteiger partial charge in [-0.2, -0.15) is 0 Å². The molecule has 2 rings (SSSR count). The number of nitrogens with one attached hydrogen (secondary N) is 1. The number of rotatable bonds is 5. The van der Waals surface area contributed by atoms with Gasteiger partial charge in [-0.15, -0.1) is 0 Å². The summed E-state index contributed by atoms with van der Waals surface area (Å²) in [5.74, 6) is -0.362. The summed E-state index contributed by atoms with van der Waals surface area (Å²) < 4.78 is 22.8. The van der Waals surface area contributed by atoms with Gasteiger partial charge in [0.2, 0.25) is 15.9 Å². The molecule has 0 heterocycles. The Balaban J connectivity index is 2.19. The Hall–Kier alpha value is -2.71. The number of carbonyl (C=O) groups excluding carboxylic acids is 2. The van der Waals surface area contributed by atoms with E-state index in [1.165, 1.54) is 12.1 Å². The number of sulfonamides is 1. The maximum absolute atomic E-state index is 12.9. The quantitative estimate of drug-likeness (QED) is 0.779. The fourth-order valence-electron chi connectivity index (χ4n) is 2.59. The molecule has 156 valence electrons. The molecule has 29 heavy (non-hydrogen) atoms. The van der Waals surface area contributed by atoms with Crippen LogP contribution in [0.15, 0.2) is 53.4 Å². The average Bonchev–Trinajstić information content (AvgIpc) is 2.65. The minimum atomic E-state index is -3.77. The van der Waals surface area contributed by atoms with Crippen LogP contribution in [0.3, 0.4) is 0 Å². The maximum atomic E-state index is 12.9. The van der Waals surface area contributed by atoms with Crippen molar-refractivity contribution in [2.45, 2.75) is 38.6 Å². The van der Waals surface area contributed by atoms with E-state index in [2.05, 4.69) is 5.32 Å². The van der Waals surface area contributed by atoms with Crippen molar-refractivity contribution in [3.8, 4) is 0 Å². The Morgan fingerprint density at radius 3 is 2.17 bits per heavy atom. The molecule has 2 aromatic carbocycles. The van der Waals surface area contributed by atoms with Gasteiger partial charge in [-0.1, -0.05) is 39.0 Å². The highest BCUT2D eigenvalue weighted by Gasteiger charge is 2.23. The molecule has 0 fully saturated rings. The molecule has 2 aromatic rings. The zero-order valence-electron chi connectivity index (χ0n) is 17.3. The number of hydrogen-bond donors (Lipinski definition) is 2. The van der Waals surface area contributed by atoms with E-state index in [0.29, 0.717) is 11.3 Å². The topological polar surface area (TPSA) is 110 Å². The molecular formula is C21H27N3O4S. The Kier molecular flexibility index (Phi) is 6.50. The lowest BCUT2D eigenvalue weighted by Crippen LogP contribution is -2.30. The van der Waals surface area contributed by atoms with Gasteiger partial charge in [0.25, 0.3) is 5.91 Å². The van der Waals surface area contributed by atoms with Gasteiger partial charge in [-0.3, -0.25) is 9.59 Å². The van der Waals surface area contributed by atoms with Gasteiger partial charge in [0, 0.05) is 23.7 Å². The highest BCUT2D eigenvalue weighted by atomic mass is 32.2. The van der Waals surface area contributed by atoms with Crippen LogP contribution in [-0.4, -0.2) is 32.2 Å². The minimum Gasteiger partial charge on any atom is -0.335 e. The van der Waals surface area contributed by atoms with Gasteiger partial charge in [-0.25, -0.2) is 13.6 Å². The molecule has 0 aliphatic rings. The van der Waals surface area contributed by atoms with Crippen molar-refractivity contribution in [2.24, 2.45) is 10.6 Å². The first-order chi connectivity index (χ1) is 13.3. The molecule has 1 atom stereocenters. The van der Waals surface area contributed by atoms with Crippen molar-refractivity contribution in [1.82, 2.24) is 4.90 Å². The Labute approximate surface area is 172 Å². The second-order valence-electron chi connectivity index (χ2n) is 7.99. The summed E-state index contributed by atoms with van der Waals surface area (Å²) in [6.45, 7) is 7.28. The highest BCUT2D eigenvalue weighted by Crippen LogP contribution is 2.24. The molecule has 0 saturated heterocycles. The van der Waals surface area contributed by atoms with Gasteiger partial charge in [-0.05, 0) is 42.8 Å². The van der Waals surface area contributed by atoms with E-state index >= 15 is 0 Å². The fourth-order valence-corrected chi connectivity index (χ4v) is 3.10. The molecule has 0 radical (unpaired) electrons. The van der Waals surface area contributed by atoms with Gasteiger partial charge in [0.1, 0.15) is 0 Å². The van der Waals surface area contributed by atoms with E-state index < -0.39 is 15.4 Å². The third-order valence-electron chi connectivity index (χ3n) is 4.64. The van der Waals surface area contributed by atoms with Crippen LogP contribution >= 0.6 is 0 Å². The molecule has 0 bridgehead atoms. The number of anilines is 1. The summed E-state index contributed by atoms with van der Waals surface area (Å²) in [5.41, 5.74) is 1.21. The summed E-state index contributed by atoms with van der Waals surface area (Å²) in [6, 6.07) is 12.6. The standard InChI is InChI=1S/C21H27N3O4S/c1-14(15-9-11-18(12-10-15)29(22,27)28)24(5)19(25)16-7-6-8-17(13-16)23-20(26)21(2,3)4/h6-14H,1-5H3,(H,23,26)(H2,22,27,28). The van der Waals surface area contributed by atoms with Crippen LogP contribution in [0.5, 0.6) is 0 Å². The van der Waals surface area contributed by atoms with Crippen molar-refractivity contribution in [3.05, 3.63) is 59.7 Å². The molecule has 0 aromatic heterocycles. The molecule has 8 heteroatoms. The number of carbonyl (C=O) groups is 2. The highest BCUT2D eigenvalue weighted by molar-refractivity contribution is 7.89. The van der Waals surface area contributed by atoms with E-state index in [4.69, 9.17) is 5.14 Å². The van der Waals surface area contributed by atoms with E-state index in [1.54, 1.807) is 48.3 Å². The smallest absolute Gasteiger partial charge is 0.254 e. The number of nitrogens with zero attached hydrogens (tertiary/aromatic N) is 1. The van der Waals surface area contributed by atoms with Gasteiger partial charge in [0.05, 0.1) is 10.9 Å². The zero-order chi connectivity index (χ0) is 22.0. The predicted octanol–water partition coefficient (Wildman–Crippen LogP) is 3.15. The van der Waals surface area contributed by atoms with E-state index in [-0.39, 0.29) is 22.8 Å². The second-order valence-corrected chi connectivity index (χ2v) is 9.55. The molecule has 7 nitrogen and oxygen atoms in total. The van der Waals surface area contributed by atoms with Crippen molar-refractivity contribution in [3.63, 3.8) is 0 Å². The number of hydrogen-bond acceptors (Lipinski definition) is 4. The van der Waals surface area contributed by atoms with E-state index in [1.807, 2.05) is 27.7 Å². The normalized spacial score (nSPS) is 12.9. The first kappa shape index (κ1) is 22.6. The Bertz CT molecular complexity index is 1010. The van der Waals surface area contributed by atoms with Crippen LogP contribution in [0.1, 0.15) is 49.7 Å². The first-order valence-corrected chi connectivity index (χ1v) is 10.7. The molecule has 0 aliphatic carbocycles. The lowest BCUT2D eigenvalue weighted by atomic mass is 9.95. The van der Waals surface area contributed by atoms with Crippen LogP contribution in [0.4, 0.5) is 5.69 Å². The van der Waals surface area contributed by atoms with Crippen molar-refractivity contribution < 1.29 is 18.0 Å². The molecule has 2 amide bonds. The SMILES string of the molecule is CC(c1ccc(S(N)(=O)=O)cc1)N(C)C(=O)c1cccc(NC(=O)C(C)(C)C)c1. The van der Waals surface area contributed by atoms with Crippen LogP contribution in [0.25, 0.3) is 0 Å². The van der Waals surface area contributed by atoms with E-state index in [9.17, 15) is 18.0 Å². The molecule has 0 saturated carbocycles. The summed E-state index contributed by atoms with van der Waals surface area (Å²) in [6.07, 6.45) is 0. The third kappa shape index (κ3) is 5.65. The zero-order valence-corrected chi connectivity index (χ0v) is 18.1. The summed E-state index contributed by atoms with van der Waals surface area (Å²) in [4.78, 5) is 26.7. The van der Waals surface area contributed by atoms with Gasteiger partial charge in [0.15, 0.2) is 0 Å². The first-order valence-electron chi connectivity index (χ1n) is 9.12. The molecule has 0 spiro atoms. The van der Waals surface area contributed by atoms with Crippen LogP contribution in [0.2, 0.25) is 0 Å². The van der Waals surface area contributed by atoms with E-state index in [0.717, 1.165) is 5.56 Å². The Morgan fingerprint density at radius 1 is 1.07 bits per heavy atom. The maximum Gasteiger partial charge on any atom is 0.254 e. The second kappa shape index (κ2) is 8.34. The number of benzene rings is 2. The lowest BCUT2D eigenvalue weighted by molar-refractivity contribution is -0.123. The van der Waals surface area contributed by atoms with Gasteiger partial charge < -0.3 is 10.2 Å². The van der Waals surface area contributed by atoms with Gasteiger partial charge >= 0.3 is 0 Å². The molecule has 0 aliphatic heterocycles. The largest absolute Gasteiger partial charge is 0.335 e. The van der Waals surface area contributed by atoms with Crippen molar-refractivity contribution >= 4 is 27.5 Å². The van der Waals surface area contributed by atoms with Crippen LogP contribution < -0.4 is 10.5 Å². The molecule has 1 unspecified atom stereocenters. The van der Waals surface area contributed by atoms with Crippen LogP contribution in [0, 0.1) is 5.41 Å². The molecule has 3 N–H and O–H groups in total. The third-order valence-corrected chi connectivity index (χ3v) is 5.57. The number of primary sulfonamides is 1. The average molecular weight is 418 g/mol. The fraction of sp³-hybridized carbons (Fsp3) is 0.333. The molecular weight excluding hydrogens is 390 g/mol. The summed E-state index contributed by atoms with van der Waals surface area (Å²) in [5, 5.41) is 7.94. The lowest BCUT2D eigenvalue weighted by Gasteiger charge is -2.26. The van der Waals surface area contributed by atoms with Crippen molar-refractivity contribution in [1.29, 1.82) is 0 Å². The predicted molar refractivity (Wildman–Crippen MR) is 113 cm³/mol. The monoisotopic (exact) mass is 417 g/mol.